The van der Waals surface area contributed by atoms with Crippen molar-refractivity contribution in [1.82, 2.24) is 5.43 Å². The Hall–Kier alpha value is -1.98. The minimum absolute atomic E-state index is 0.0764. The SMILES string of the molecule is CC(F)(F)c1ccc(C=NNC(N)=O)cc1. The van der Waals surface area contributed by atoms with Gasteiger partial charge in [-0.3, -0.25) is 0 Å². The number of primary amides is 1. The number of hydrazone groups is 1. The average molecular weight is 227 g/mol. The van der Waals surface area contributed by atoms with Crippen LogP contribution < -0.4 is 11.2 Å². The fourth-order valence-corrected chi connectivity index (χ4v) is 1.03. The zero-order valence-corrected chi connectivity index (χ0v) is 8.58. The third-order valence-corrected chi connectivity index (χ3v) is 1.81. The number of urea groups is 1. The molecular weight excluding hydrogens is 216 g/mol. The van der Waals surface area contributed by atoms with Crippen LogP contribution in [0.4, 0.5) is 13.6 Å². The number of rotatable bonds is 3. The molecule has 2 amide bonds. The second-order valence-corrected chi connectivity index (χ2v) is 3.24. The zero-order valence-electron chi connectivity index (χ0n) is 8.58. The molecule has 0 spiro atoms. The summed E-state index contributed by atoms with van der Waals surface area (Å²) in [5.74, 6) is -2.86. The van der Waals surface area contributed by atoms with Crippen molar-refractivity contribution in [2.75, 3.05) is 0 Å². The molecule has 0 aliphatic carbocycles. The van der Waals surface area contributed by atoms with Crippen LogP contribution in [0.2, 0.25) is 0 Å². The molecule has 3 N–H and O–H groups in total. The summed E-state index contributed by atoms with van der Waals surface area (Å²) in [6, 6.07) is 4.75. The van der Waals surface area contributed by atoms with Gasteiger partial charge in [-0.25, -0.2) is 19.0 Å². The molecular formula is C10H11F2N3O. The molecule has 1 aromatic rings. The highest BCUT2D eigenvalue weighted by atomic mass is 19.3. The molecule has 1 rings (SSSR count). The van der Waals surface area contributed by atoms with Crippen LogP contribution >= 0.6 is 0 Å². The highest BCUT2D eigenvalue weighted by Gasteiger charge is 2.23. The molecule has 4 nitrogen and oxygen atoms in total. The second kappa shape index (κ2) is 4.69. The Morgan fingerprint density at radius 2 is 2.00 bits per heavy atom. The van der Waals surface area contributed by atoms with E-state index < -0.39 is 12.0 Å². The number of hydrogen-bond acceptors (Lipinski definition) is 2. The summed E-state index contributed by atoms with van der Waals surface area (Å²) in [6.07, 6.45) is 1.31. The molecule has 0 aromatic heterocycles. The molecule has 0 aliphatic heterocycles. The quantitative estimate of drug-likeness (QED) is 0.600. The number of alkyl halides is 2. The van der Waals surface area contributed by atoms with Gasteiger partial charge < -0.3 is 5.73 Å². The van der Waals surface area contributed by atoms with Gasteiger partial charge in [0, 0.05) is 12.5 Å². The Balaban J connectivity index is 2.72. The van der Waals surface area contributed by atoms with Crippen molar-refractivity contribution >= 4 is 12.2 Å². The lowest BCUT2D eigenvalue weighted by atomic mass is 10.1. The van der Waals surface area contributed by atoms with Gasteiger partial charge in [0.1, 0.15) is 0 Å². The van der Waals surface area contributed by atoms with E-state index in [0.717, 1.165) is 6.92 Å². The molecule has 0 radical (unpaired) electrons. The largest absolute Gasteiger partial charge is 0.350 e. The number of carbonyl (C=O) groups excluding carboxylic acids is 1. The van der Waals surface area contributed by atoms with Crippen molar-refractivity contribution in [2.24, 2.45) is 10.8 Å². The van der Waals surface area contributed by atoms with Crippen LogP contribution in [0, 0.1) is 0 Å². The summed E-state index contributed by atoms with van der Waals surface area (Å²) in [6.45, 7) is 0.824. The summed E-state index contributed by atoms with van der Waals surface area (Å²) >= 11 is 0. The van der Waals surface area contributed by atoms with E-state index in [1.54, 1.807) is 0 Å². The predicted molar refractivity (Wildman–Crippen MR) is 56.3 cm³/mol. The number of hydrogen-bond donors (Lipinski definition) is 2. The van der Waals surface area contributed by atoms with E-state index in [-0.39, 0.29) is 5.56 Å². The normalized spacial score (nSPS) is 11.7. The first-order valence-corrected chi connectivity index (χ1v) is 4.46. The Kier molecular flexibility index (Phi) is 3.55. The Morgan fingerprint density at radius 3 is 2.44 bits per heavy atom. The Bertz CT molecular complexity index is 396. The lowest BCUT2D eigenvalue weighted by molar-refractivity contribution is 0.0175. The number of amides is 2. The van der Waals surface area contributed by atoms with Crippen molar-refractivity contribution in [3.8, 4) is 0 Å². The van der Waals surface area contributed by atoms with Gasteiger partial charge in [0.2, 0.25) is 0 Å². The third-order valence-electron chi connectivity index (χ3n) is 1.81. The van der Waals surface area contributed by atoms with Crippen LogP contribution in [-0.4, -0.2) is 12.2 Å². The molecule has 0 unspecified atom stereocenters. The van der Waals surface area contributed by atoms with E-state index in [0.29, 0.717) is 5.56 Å². The molecule has 0 aliphatic rings. The molecule has 1 aromatic carbocycles. The summed E-state index contributed by atoms with van der Waals surface area (Å²) < 4.78 is 25.7. The minimum Gasteiger partial charge on any atom is -0.350 e. The third kappa shape index (κ3) is 3.64. The average Bonchev–Trinajstić information content (AvgIpc) is 2.16. The number of nitrogens with zero attached hydrogens (tertiary/aromatic N) is 1. The molecule has 0 saturated heterocycles. The van der Waals surface area contributed by atoms with Crippen molar-refractivity contribution in [3.05, 3.63) is 35.4 Å². The molecule has 0 fully saturated rings. The van der Waals surface area contributed by atoms with E-state index in [9.17, 15) is 13.6 Å². The van der Waals surface area contributed by atoms with Crippen LogP contribution in [0.15, 0.2) is 29.4 Å². The maximum Gasteiger partial charge on any atom is 0.332 e. The topological polar surface area (TPSA) is 67.5 Å². The fourth-order valence-electron chi connectivity index (χ4n) is 1.03. The number of nitrogens with one attached hydrogen (secondary N) is 1. The van der Waals surface area contributed by atoms with Gasteiger partial charge in [0.25, 0.3) is 5.92 Å². The smallest absolute Gasteiger partial charge is 0.332 e. The van der Waals surface area contributed by atoms with E-state index >= 15 is 0 Å². The molecule has 0 saturated carbocycles. The summed E-state index contributed by atoms with van der Waals surface area (Å²) in [7, 11) is 0. The maximum atomic E-state index is 12.8. The summed E-state index contributed by atoms with van der Waals surface area (Å²) in [4.78, 5) is 10.3. The number of halogens is 2. The Labute approximate surface area is 91.1 Å². The fraction of sp³-hybridized carbons (Fsp3) is 0.200. The van der Waals surface area contributed by atoms with Crippen molar-refractivity contribution < 1.29 is 13.6 Å². The van der Waals surface area contributed by atoms with E-state index in [2.05, 4.69) is 5.10 Å². The van der Waals surface area contributed by atoms with Gasteiger partial charge in [-0.2, -0.15) is 5.10 Å². The monoisotopic (exact) mass is 227 g/mol. The summed E-state index contributed by atoms with van der Waals surface area (Å²) in [5.41, 5.74) is 7.28. The molecule has 6 heteroatoms. The first kappa shape index (κ1) is 12.1. The predicted octanol–water partition coefficient (Wildman–Crippen LogP) is 1.80. The van der Waals surface area contributed by atoms with Gasteiger partial charge in [-0.05, 0) is 5.56 Å². The number of benzene rings is 1. The lowest BCUT2D eigenvalue weighted by Crippen LogP contribution is -2.24. The van der Waals surface area contributed by atoms with Crippen LogP contribution in [0.3, 0.4) is 0 Å². The molecule has 0 heterocycles. The van der Waals surface area contributed by atoms with Gasteiger partial charge in [0.15, 0.2) is 0 Å². The lowest BCUT2D eigenvalue weighted by Gasteiger charge is -2.09. The van der Waals surface area contributed by atoms with Crippen LogP contribution in [0.5, 0.6) is 0 Å². The Morgan fingerprint density at radius 1 is 1.44 bits per heavy atom. The molecule has 0 bridgehead atoms. The highest BCUT2D eigenvalue weighted by molar-refractivity contribution is 5.81. The van der Waals surface area contributed by atoms with Gasteiger partial charge >= 0.3 is 6.03 Å². The standard InChI is InChI=1S/C10H11F2N3O/c1-10(11,12)8-4-2-7(3-5-8)6-14-15-9(13)16/h2-6H,1H3,(H3,13,15,16). The van der Waals surface area contributed by atoms with Crippen molar-refractivity contribution in [1.29, 1.82) is 0 Å². The van der Waals surface area contributed by atoms with Crippen LogP contribution in [0.1, 0.15) is 18.1 Å². The number of carbonyl (C=O) groups is 1. The molecule has 16 heavy (non-hydrogen) atoms. The van der Waals surface area contributed by atoms with Crippen molar-refractivity contribution in [3.63, 3.8) is 0 Å². The molecule has 0 atom stereocenters. The van der Waals surface area contributed by atoms with Crippen molar-refractivity contribution in [2.45, 2.75) is 12.8 Å². The summed E-state index contributed by atoms with van der Waals surface area (Å²) in [5, 5.41) is 3.50. The minimum atomic E-state index is -2.86. The number of nitrogens with two attached hydrogens (primary N) is 1. The van der Waals surface area contributed by atoms with Crippen LogP contribution in [0.25, 0.3) is 0 Å². The second-order valence-electron chi connectivity index (χ2n) is 3.24. The van der Waals surface area contributed by atoms with E-state index in [1.165, 1.54) is 30.5 Å². The molecule has 86 valence electrons. The van der Waals surface area contributed by atoms with Gasteiger partial charge in [-0.15, -0.1) is 0 Å². The van der Waals surface area contributed by atoms with Gasteiger partial charge in [-0.1, -0.05) is 24.3 Å². The van der Waals surface area contributed by atoms with E-state index in [4.69, 9.17) is 5.73 Å². The van der Waals surface area contributed by atoms with E-state index in [1.807, 2.05) is 5.43 Å². The van der Waals surface area contributed by atoms with Crippen LogP contribution in [-0.2, 0) is 5.92 Å². The highest BCUT2D eigenvalue weighted by Crippen LogP contribution is 2.26. The first-order chi connectivity index (χ1) is 7.39. The van der Waals surface area contributed by atoms with Gasteiger partial charge in [0.05, 0.1) is 6.21 Å². The first-order valence-electron chi connectivity index (χ1n) is 4.46. The zero-order chi connectivity index (χ0) is 12.2. The maximum absolute atomic E-state index is 12.8.